The van der Waals surface area contributed by atoms with Crippen molar-refractivity contribution in [2.24, 2.45) is 0 Å². The second-order valence-corrected chi connectivity index (χ2v) is 12.8. The smallest absolute Gasteiger partial charge is 0.220 e. The van der Waals surface area contributed by atoms with Crippen LogP contribution in [0.25, 0.3) is 33.2 Å². The first-order chi connectivity index (χ1) is 24.0. The molecule has 0 bridgehead atoms. The molecule has 0 aliphatic carbocycles. The van der Waals surface area contributed by atoms with Gasteiger partial charge in [-0.25, -0.2) is 5.10 Å². The number of hydrogen-bond acceptors (Lipinski definition) is 8. The highest BCUT2D eigenvalue weighted by atomic mass is 35.5. The lowest BCUT2D eigenvalue weighted by Gasteiger charge is -2.14. The number of halogens is 2. The van der Waals surface area contributed by atoms with Crippen LogP contribution in [0, 0.1) is 0 Å². The van der Waals surface area contributed by atoms with Gasteiger partial charge in [0.05, 0.1) is 36.9 Å². The van der Waals surface area contributed by atoms with Gasteiger partial charge in [-0.2, -0.15) is 5.10 Å². The third kappa shape index (κ3) is 7.30. The molecule has 1 aliphatic heterocycles. The van der Waals surface area contributed by atoms with Crippen molar-refractivity contribution in [3.05, 3.63) is 112 Å². The first-order valence-electron chi connectivity index (χ1n) is 16.1. The summed E-state index contributed by atoms with van der Waals surface area (Å²) in [4.78, 5) is 11.5. The summed E-state index contributed by atoms with van der Waals surface area (Å²) in [5.41, 5.74) is 7.89. The van der Waals surface area contributed by atoms with Crippen LogP contribution < -0.4 is 20.7 Å². The zero-order chi connectivity index (χ0) is 33.7. The zero-order valence-corrected chi connectivity index (χ0v) is 28.4. The van der Waals surface area contributed by atoms with Crippen molar-refractivity contribution in [1.82, 2.24) is 46.4 Å². The SMILES string of the molecule is COc1cc(Cn2ncc3c(-c4cccc(-c5ccc(CNC[C@@H]6CCC(=O)N6)cc5)c4Cl)cccc32)c(Cl)cc1CNCc1nnn[nH]1. The van der Waals surface area contributed by atoms with Crippen LogP contribution in [0.1, 0.15) is 35.4 Å². The lowest BCUT2D eigenvalue weighted by Crippen LogP contribution is -2.35. The number of carbonyl (C=O) groups is 1. The Morgan fingerprint density at radius 3 is 2.53 bits per heavy atom. The molecule has 4 N–H and O–H groups in total. The Labute approximate surface area is 293 Å². The van der Waals surface area contributed by atoms with Crippen LogP contribution >= 0.6 is 23.2 Å². The molecule has 3 heterocycles. The van der Waals surface area contributed by atoms with Gasteiger partial charge in [-0.05, 0) is 57.3 Å². The Balaban J connectivity index is 1.08. The van der Waals surface area contributed by atoms with Gasteiger partial charge >= 0.3 is 0 Å². The molecular weight excluding hydrogens is 661 g/mol. The normalized spacial score (nSPS) is 14.4. The monoisotopic (exact) mass is 695 g/mol. The van der Waals surface area contributed by atoms with E-state index in [1.807, 2.05) is 47.3 Å². The average Bonchev–Trinajstić information content (AvgIpc) is 3.88. The summed E-state index contributed by atoms with van der Waals surface area (Å²) < 4.78 is 7.66. The number of aromatic amines is 1. The van der Waals surface area contributed by atoms with E-state index >= 15 is 0 Å². The van der Waals surface area contributed by atoms with Crippen molar-refractivity contribution in [1.29, 1.82) is 0 Å². The van der Waals surface area contributed by atoms with Gasteiger partial charge in [-0.1, -0.05) is 77.8 Å². The van der Waals surface area contributed by atoms with Crippen LogP contribution in [0.5, 0.6) is 5.75 Å². The summed E-state index contributed by atoms with van der Waals surface area (Å²) in [6.07, 6.45) is 3.38. The molecule has 4 aromatic carbocycles. The topological polar surface area (TPSA) is 135 Å². The van der Waals surface area contributed by atoms with Gasteiger partial charge in [0.2, 0.25) is 5.91 Å². The van der Waals surface area contributed by atoms with Crippen LogP contribution in [-0.2, 0) is 31.0 Å². The fraction of sp³-hybridized carbons (Fsp3) is 0.250. The summed E-state index contributed by atoms with van der Waals surface area (Å²) >= 11 is 13.9. The van der Waals surface area contributed by atoms with E-state index in [2.05, 4.69) is 73.0 Å². The first kappa shape index (κ1) is 32.7. The van der Waals surface area contributed by atoms with Crippen LogP contribution in [0.15, 0.2) is 79.0 Å². The lowest BCUT2D eigenvalue weighted by atomic mass is 9.96. The predicted molar refractivity (Wildman–Crippen MR) is 190 cm³/mol. The molecule has 1 fully saturated rings. The number of benzene rings is 4. The summed E-state index contributed by atoms with van der Waals surface area (Å²) in [7, 11) is 1.65. The molecule has 0 saturated carbocycles. The third-order valence-corrected chi connectivity index (χ3v) is 9.57. The summed E-state index contributed by atoms with van der Waals surface area (Å²) in [5.74, 6) is 1.51. The number of rotatable bonds is 13. The molecule has 1 amide bonds. The Hall–Kier alpha value is -4.81. The van der Waals surface area contributed by atoms with E-state index in [0.717, 1.165) is 69.5 Å². The standard InChI is InChI=1S/C36H35Cl2N9O2/c1-49-33-15-25(31(37)14-24(33)17-40-20-34-43-45-46-44-34)21-47-32-7-3-5-28(30(32)19-41-47)29-6-2-4-27(36(29)38)23-10-8-22(9-11-23)16-39-18-26-12-13-35(48)42-26/h2-11,14-15,19,26,39-40H,12-13,16-18,20-21H2,1H3,(H,42,48)(H,43,44,45,46)/t26-/m0/s1. The van der Waals surface area contributed by atoms with E-state index in [1.54, 1.807) is 7.11 Å². The van der Waals surface area contributed by atoms with Crippen molar-refractivity contribution in [2.75, 3.05) is 13.7 Å². The number of ether oxygens (including phenoxy) is 1. The Bertz CT molecular complexity index is 2080. The fourth-order valence-electron chi connectivity index (χ4n) is 6.27. The minimum Gasteiger partial charge on any atom is -0.496 e. The highest BCUT2D eigenvalue weighted by Crippen LogP contribution is 2.39. The molecule has 11 nitrogen and oxygen atoms in total. The summed E-state index contributed by atoms with van der Waals surface area (Å²) in [6.45, 7) is 2.97. The third-order valence-electron chi connectivity index (χ3n) is 8.81. The second-order valence-electron chi connectivity index (χ2n) is 12.0. The van der Waals surface area contributed by atoms with E-state index in [0.29, 0.717) is 41.9 Å². The van der Waals surface area contributed by atoms with Crippen molar-refractivity contribution >= 4 is 40.0 Å². The van der Waals surface area contributed by atoms with Gasteiger partial charge < -0.3 is 20.7 Å². The van der Waals surface area contributed by atoms with E-state index in [9.17, 15) is 4.79 Å². The summed E-state index contributed by atoms with van der Waals surface area (Å²) in [5, 5.41) is 30.6. The predicted octanol–water partition coefficient (Wildman–Crippen LogP) is 5.91. The molecule has 49 heavy (non-hydrogen) atoms. The second kappa shape index (κ2) is 14.8. The maximum absolute atomic E-state index is 11.5. The number of tetrazole rings is 1. The van der Waals surface area contributed by atoms with E-state index in [4.69, 9.17) is 33.0 Å². The van der Waals surface area contributed by atoms with Crippen LogP contribution in [0.2, 0.25) is 10.0 Å². The van der Waals surface area contributed by atoms with E-state index in [1.165, 1.54) is 5.56 Å². The Kier molecular flexibility index (Phi) is 9.85. The number of carbonyl (C=O) groups excluding carboxylic acids is 1. The van der Waals surface area contributed by atoms with Crippen LogP contribution in [-0.4, -0.2) is 56.0 Å². The molecule has 1 saturated heterocycles. The van der Waals surface area contributed by atoms with Gasteiger partial charge in [0.15, 0.2) is 5.82 Å². The molecule has 1 aliphatic rings. The maximum atomic E-state index is 11.5. The summed E-state index contributed by atoms with van der Waals surface area (Å²) in [6, 6.07) is 24.8. The molecular formula is C36H35Cl2N9O2. The molecule has 7 rings (SSSR count). The minimum atomic E-state index is 0.136. The number of amides is 1. The largest absolute Gasteiger partial charge is 0.496 e. The number of fused-ring (bicyclic) bond motifs is 1. The van der Waals surface area contributed by atoms with Gasteiger partial charge in [0.25, 0.3) is 0 Å². The molecule has 6 aromatic rings. The number of methoxy groups -OCH3 is 1. The molecule has 0 unspecified atom stereocenters. The van der Waals surface area contributed by atoms with Gasteiger partial charge in [-0.3, -0.25) is 9.48 Å². The van der Waals surface area contributed by atoms with Crippen molar-refractivity contribution in [2.45, 2.75) is 45.1 Å². The number of aromatic nitrogens is 6. The van der Waals surface area contributed by atoms with Crippen molar-refractivity contribution in [3.63, 3.8) is 0 Å². The van der Waals surface area contributed by atoms with E-state index in [-0.39, 0.29) is 11.9 Å². The van der Waals surface area contributed by atoms with Gasteiger partial charge in [0, 0.05) is 59.2 Å². The number of nitrogens with zero attached hydrogens (tertiary/aromatic N) is 5. The minimum absolute atomic E-state index is 0.136. The van der Waals surface area contributed by atoms with Crippen LogP contribution in [0.4, 0.5) is 0 Å². The van der Waals surface area contributed by atoms with Crippen LogP contribution in [0.3, 0.4) is 0 Å². The molecule has 13 heteroatoms. The number of nitrogens with one attached hydrogen (secondary N) is 4. The first-order valence-corrected chi connectivity index (χ1v) is 16.8. The fourth-order valence-corrected chi connectivity index (χ4v) is 6.85. The molecule has 250 valence electrons. The van der Waals surface area contributed by atoms with Crippen molar-refractivity contribution < 1.29 is 9.53 Å². The molecule has 0 spiro atoms. The quantitative estimate of drug-likeness (QED) is 0.117. The van der Waals surface area contributed by atoms with Gasteiger partial charge in [-0.15, -0.1) is 5.10 Å². The average molecular weight is 697 g/mol. The maximum Gasteiger partial charge on any atom is 0.220 e. The zero-order valence-electron chi connectivity index (χ0n) is 26.8. The Morgan fingerprint density at radius 1 is 0.939 bits per heavy atom. The number of H-pyrrole nitrogens is 1. The molecule has 0 radical (unpaired) electrons. The van der Waals surface area contributed by atoms with Crippen molar-refractivity contribution in [3.8, 4) is 28.0 Å². The Morgan fingerprint density at radius 2 is 1.76 bits per heavy atom. The highest BCUT2D eigenvalue weighted by molar-refractivity contribution is 6.36. The highest BCUT2D eigenvalue weighted by Gasteiger charge is 2.20. The van der Waals surface area contributed by atoms with E-state index < -0.39 is 0 Å². The molecule has 2 aromatic heterocycles. The van der Waals surface area contributed by atoms with Gasteiger partial charge in [0.1, 0.15) is 5.75 Å². The number of hydrogen-bond donors (Lipinski definition) is 4. The lowest BCUT2D eigenvalue weighted by molar-refractivity contribution is -0.119. The molecule has 1 atom stereocenters.